The molecule has 1 aliphatic heterocycles. The molecule has 0 unspecified atom stereocenters. The zero-order chi connectivity index (χ0) is 26.4. The van der Waals surface area contributed by atoms with E-state index in [-0.39, 0.29) is 5.92 Å². The molecule has 0 aromatic carbocycles. The van der Waals surface area contributed by atoms with Gasteiger partial charge in [-0.15, -0.1) is 0 Å². The van der Waals surface area contributed by atoms with E-state index >= 15 is 0 Å². The lowest BCUT2D eigenvalue weighted by atomic mass is 9.79. The van der Waals surface area contributed by atoms with Gasteiger partial charge in [0.05, 0.1) is 24.6 Å². The Bertz CT molecular complexity index is 1430. The molecule has 1 aliphatic carbocycles. The van der Waals surface area contributed by atoms with Crippen molar-refractivity contribution >= 4 is 5.65 Å². The van der Waals surface area contributed by atoms with E-state index in [2.05, 4.69) is 53.1 Å². The first-order chi connectivity index (χ1) is 18.5. The molecule has 1 N–H and O–H groups in total. The second kappa shape index (κ2) is 10.1. The minimum Gasteiger partial charge on any atom is -0.493 e. The molecule has 0 spiro atoms. The molecule has 6 rings (SSSR count). The molecule has 5 heterocycles. The highest BCUT2D eigenvalue weighted by Crippen LogP contribution is 2.40. The van der Waals surface area contributed by atoms with Crippen molar-refractivity contribution in [1.29, 1.82) is 0 Å². The van der Waals surface area contributed by atoms with E-state index in [1.807, 2.05) is 19.4 Å². The second-order valence-corrected chi connectivity index (χ2v) is 11.1. The van der Waals surface area contributed by atoms with Crippen LogP contribution in [0.25, 0.3) is 28.3 Å². The van der Waals surface area contributed by atoms with Gasteiger partial charge >= 0.3 is 0 Å². The van der Waals surface area contributed by atoms with Crippen LogP contribution in [0.4, 0.5) is 0 Å². The summed E-state index contributed by atoms with van der Waals surface area (Å²) in [5.41, 5.74) is 8.22. The summed E-state index contributed by atoms with van der Waals surface area (Å²) >= 11 is 0. The number of hydrogen-bond acceptors (Lipinski definition) is 7. The summed E-state index contributed by atoms with van der Waals surface area (Å²) in [4.78, 5) is 11.8. The lowest BCUT2D eigenvalue weighted by molar-refractivity contribution is -0.0579. The molecule has 0 atom stereocenters. The predicted octanol–water partition coefficient (Wildman–Crippen LogP) is 4.98. The fourth-order valence-corrected chi connectivity index (χ4v) is 6.30. The average Bonchev–Trinajstić information content (AvgIpc) is 3.55. The molecule has 0 bridgehead atoms. The van der Waals surface area contributed by atoms with E-state index in [1.165, 1.54) is 43.1 Å². The maximum atomic E-state index is 5.59. The number of hydrogen-bond donors (Lipinski definition) is 1. The van der Waals surface area contributed by atoms with Crippen molar-refractivity contribution < 1.29 is 9.47 Å². The Balaban J connectivity index is 1.25. The van der Waals surface area contributed by atoms with Crippen LogP contribution < -0.4 is 4.74 Å². The Hall–Kier alpha value is -3.30. The predicted molar refractivity (Wildman–Crippen MR) is 147 cm³/mol. The summed E-state index contributed by atoms with van der Waals surface area (Å²) in [6.45, 7) is 8.78. The second-order valence-electron chi connectivity index (χ2n) is 11.1. The highest BCUT2D eigenvalue weighted by atomic mass is 16.5. The van der Waals surface area contributed by atoms with Crippen molar-refractivity contribution in [2.24, 2.45) is 0 Å². The number of nitrogens with one attached hydrogen (secondary N) is 1. The van der Waals surface area contributed by atoms with E-state index < -0.39 is 0 Å². The van der Waals surface area contributed by atoms with Crippen LogP contribution in [-0.4, -0.2) is 74.1 Å². The van der Waals surface area contributed by atoms with Crippen LogP contribution in [0.2, 0.25) is 0 Å². The highest BCUT2D eigenvalue weighted by molar-refractivity contribution is 5.75. The van der Waals surface area contributed by atoms with Crippen molar-refractivity contribution in [2.45, 2.75) is 70.4 Å². The molecule has 1 saturated heterocycles. The Kier molecular flexibility index (Phi) is 6.65. The summed E-state index contributed by atoms with van der Waals surface area (Å²) in [5.74, 6) is 1.49. The van der Waals surface area contributed by atoms with Crippen LogP contribution in [0.1, 0.15) is 68.1 Å². The first kappa shape index (κ1) is 25.0. The van der Waals surface area contributed by atoms with Crippen LogP contribution in [0, 0.1) is 6.92 Å². The molecule has 1 saturated carbocycles. The van der Waals surface area contributed by atoms with Gasteiger partial charge in [-0.25, -0.2) is 9.50 Å². The maximum absolute atomic E-state index is 5.59. The van der Waals surface area contributed by atoms with E-state index in [1.54, 1.807) is 11.6 Å². The van der Waals surface area contributed by atoms with Gasteiger partial charge in [0.1, 0.15) is 12.0 Å². The number of nitrogens with zero attached hydrogens (tertiary/aromatic N) is 6. The minimum absolute atomic E-state index is 0.243. The number of H-pyrrole nitrogens is 1. The average molecular weight is 516 g/mol. The summed E-state index contributed by atoms with van der Waals surface area (Å²) in [6, 6.07) is 4.91. The van der Waals surface area contributed by atoms with Gasteiger partial charge in [-0.1, -0.05) is 13.8 Å². The van der Waals surface area contributed by atoms with Gasteiger partial charge in [-0.2, -0.15) is 10.2 Å². The van der Waals surface area contributed by atoms with Gasteiger partial charge in [0.15, 0.2) is 11.4 Å². The molecular weight excluding hydrogens is 478 g/mol. The van der Waals surface area contributed by atoms with Crippen molar-refractivity contribution in [3.05, 3.63) is 47.5 Å². The van der Waals surface area contributed by atoms with Gasteiger partial charge in [-0.05, 0) is 67.7 Å². The van der Waals surface area contributed by atoms with Gasteiger partial charge in [0.25, 0.3) is 0 Å². The van der Waals surface area contributed by atoms with E-state index in [0.29, 0.717) is 29.5 Å². The zero-order valence-corrected chi connectivity index (χ0v) is 22.9. The number of aromatic amines is 1. The fourth-order valence-electron chi connectivity index (χ4n) is 6.30. The number of aryl methyl sites for hydroxylation is 1. The molecule has 38 heavy (non-hydrogen) atoms. The molecule has 2 fully saturated rings. The number of ether oxygens (including phenoxy) is 2. The Morgan fingerprint density at radius 2 is 1.84 bits per heavy atom. The summed E-state index contributed by atoms with van der Waals surface area (Å²) < 4.78 is 12.8. The van der Waals surface area contributed by atoms with Gasteiger partial charge in [-0.3, -0.25) is 15.0 Å². The first-order valence-electron chi connectivity index (χ1n) is 13.7. The lowest BCUT2D eigenvalue weighted by Crippen LogP contribution is -2.56. The van der Waals surface area contributed by atoms with Crippen molar-refractivity contribution in [3.63, 3.8) is 0 Å². The molecular formula is C29H37N7O2. The van der Waals surface area contributed by atoms with Crippen molar-refractivity contribution in [3.8, 4) is 28.4 Å². The smallest absolute Gasteiger partial charge is 0.197 e. The topological polar surface area (TPSA) is 93.5 Å². The zero-order valence-electron chi connectivity index (χ0n) is 22.9. The quantitative estimate of drug-likeness (QED) is 0.371. The SMILES string of the molecule is COc1cc(-c2[nH]nc(-c3cc(C)c(C4CCC(N5CC(OC)C5)CC4)cn3)c2C(C)C)cn2ncnc12. The molecule has 0 amide bonds. The summed E-state index contributed by atoms with van der Waals surface area (Å²) in [5, 5.41) is 12.4. The number of methoxy groups -OCH3 is 2. The molecule has 2 aliphatic rings. The summed E-state index contributed by atoms with van der Waals surface area (Å²) in [6.07, 6.45) is 11.0. The number of aromatic nitrogens is 6. The number of fused-ring (bicyclic) bond motifs is 1. The van der Waals surface area contributed by atoms with E-state index in [0.717, 1.165) is 41.3 Å². The Morgan fingerprint density at radius 1 is 1.05 bits per heavy atom. The third kappa shape index (κ3) is 4.37. The third-order valence-electron chi connectivity index (χ3n) is 8.49. The van der Waals surface area contributed by atoms with Crippen LogP contribution in [0.15, 0.2) is 30.9 Å². The molecule has 200 valence electrons. The fraction of sp³-hybridized carbons (Fsp3) is 0.517. The van der Waals surface area contributed by atoms with Gasteiger partial charge in [0, 0.05) is 49.8 Å². The summed E-state index contributed by atoms with van der Waals surface area (Å²) in [7, 11) is 3.47. The molecule has 9 heteroatoms. The largest absolute Gasteiger partial charge is 0.493 e. The van der Waals surface area contributed by atoms with Crippen LogP contribution in [-0.2, 0) is 4.74 Å². The van der Waals surface area contributed by atoms with E-state index in [4.69, 9.17) is 19.6 Å². The molecule has 0 radical (unpaired) electrons. The molecule has 9 nitrogen and oxygen atoms in total. The van der Waals surface area contributed by atoms with Gasteiger partial charge in [0.2, 0.25) is 0 Å². The van der Waals surface area contributed by atoms with Crippen LogP contribution in [0.3, 0.4) is 0 Å². The highest BCUT2D eigenvalue weighted by Gasteiger charge is 2.35. The monoisotopic (exact) mass is 515 g/mol. The Morgan fingerprint density at radius 3 is 2.53 bits per heavy atom. The van der Waals surface area contributed by atoms with E-state index in [9.17, 15) is 0 Å². The Labute approximate surface area is 223 Å². The van der Waals surface area contributed by atoms with Crippen molar-refractivity contribution in [1.82, 2.24) is 34.7 Å². The van der Waals surface area contributed by atoms with Crippen molar-refractivity contribution in [2.75, 3.05) is 27.3 Å². The van der Waals surface area contributed by atoms with Crippen LogP contribution in [0.5, 0.6) is 5.75 Å². The number of likely N-dealkylation sites (tertiary alicyclic amines) is 1. The number of rotatable bonds is 7. The first-order valence-corrected chi connectivity index (χ1v) is 13.7. The number of pyridine rings is 2. The van der Waals surface area contributed by atoms with Gasteiger partial charge < -0.3 is 9.47 Å². The maximum Gasteiger partial charge on any atom is 0.197 e. The molecule has 4 aromatic heterocycles. The standard InChI is InChI=1S/C29H37N7O2/c1-17(2)26-27(20-11-25(38-5)29-31-16-32-36(29)13-20)33-34-28(26)24-10-18(3)23(12-30-24)19-6-8-21(9-7-19)35-14-22(15-35)37-4/h10-13,16-17,19,21-22H,6-9,14-15H2,1-5H3,(H,33,34). The third-order valence-corrected chi connectivity index (χ3v) is 8.49. The van der Waals surface area contributed by atoms with Crippen LogP contribution >= 0.6 is 0 Å². The molecule has 4 aromatic rings. The normalized spacial score (nSPS) is 20.8. The lowest BCUT2D eigenvalue weighted by Gasteiger charge is -2.46. The minimum atomic E-state index is 0.243.